The van der Waals surface area contributed by atoms with Gasteiger partial charge in [-0.3, -0.25) is 14.4 Å². The Morgan fingerprint density at radius 3 is 2.23 bits per heavy atom. The van der Waals surface area contributed by atoms with Gasteiger partial charge in [-0.15, -0.1) is 0 Å². The molecular formula is C20H30N4O6S. The van der Waals surface area contributed by atoms with Crippen molar-refractivity contribution >= 4 is 36.3 Å². The monoisotopic (exact) mass is 454 g/mol. The molecule has 0 aromatic heterocycles. The minimum absolute atomic E-state index is 0.00245. The van der Waals surface area contributed by atoms with E-state index in [2.05, 4.69) is 28.6 Å². The number of phenols is 1. The number of carbonyl (C=O) groups excluding carboxylic acids is 3. The molecule has 1 aromatic carbocycles. The van der Waals surface area contributed by atoms with Crippen LogP contribution in [-0.4, -0.2) is 64.3 Å². The lowest BCUT2D eigenvalue weighted by Gasteiger charge is -2.25. The number of rotatable bonds is 12. The Bertz CT molecular complexity index is 773. The highest BCUT2D eigenvalue weighted by molar-refractivity contribution is 7.80. The molecule has 11 heteroatoms. The van der Waals surface area contributed by atoms with E-state index in [1.807, 2.05) is 6.92 Å². The minimum Gasteiger partial charge on any atom is -0.508 e. The van der Waals surface area contributed by atoms with Crippen molar-refractivity contribution in [2.45, 2.75) is 44.8 Å². The Kier molecular flexibility index (Phi) is 10.8. The van der Waals surface area contributed by atoms with Crippen molar-refractivity contribution in [1.29, 1.82) is 0 Å². The molecule has 0 heterocycles. The van der Waals surface area contributed by atoms with Crippen LogP contribution in [0.1, 0.15) is 25.8 Å². The van der Waals surface area contributed by atoms with E-state index < -0.39 is 48.4 Å². The molecule has 172 valence electrons. The predicted octanol–water partition coefficient (Wildman–Crippen LogP) is -0.592. The molecule has 1 aromatic rings. The molecule has 4 unspecified atom stereocenters. The van der Waals surface area contributed by atoms with Crippen LogP contribution in [0.3, 0.4) is 0 Å². The quantitative estimate of drug-likeness (QED) is 0.207. The van der Waals surface area contributed by atoms with E-state index in [1.54, 1.807) is 19.1 Å². The molecule has 0 saturated carbocycles. The van der Waals surface area contributed by atoms with Gasteiger partial charge in [0.05, 0.1) is 12.6 Å². The van der Waals surface area contributed by atoms with Crippen LogP contribution < -0.4 is 21.7 Å². The fraction of sp³-hybridized carbons (Fsp3) is 0.500. The summed E-state index contributed by atoms with van der Waals surface area (Å²) in [6.45, 7) is 3.16. The van der Waals surface area contributed by atoms with Gasteiger partial charge in [0, 0.05) is 12.2 Å². The van der Waals surface area contributed by atoms with Crippen LogP contribution in [-0.2, 0) is 25.6 Å². The van der Waals surface area contributed by atoms with E-state index in [0.29, 0.717) is 12.0 Å². The van der Waals surface area contributed by atoms with E-state index in [4.69, 9.17) is 5.73 Å². The van der Waals surface area contributed by atoms with Gasteiger partial charge in [-0.2, -0.15) is 12.6 Å². The summed E-state index contributed by atoms with van der Waals surface area (Å²) in [6.07, 6.45) is 0.594. The van der Waals surface area contributed by atoms with Gasteiger partial charge >= 0.3 is 5.97 Å². The van der Waals surface area contributed by atoms with E-state index in [9.17, 15) is 29.4 Å². The number of hydrogen-bond acceptors (Lipinski definition) is 7. The van der Waals surface area contributed by atoms with Crippen LogP contribution in [0.25, 0.3) is 0 Å². The number of aromatic hydroxyl groups is 1. The van der Waals surface area contributed by atoms with Crippen LogP contribution >= 0.6 is 12.6 Å². The first-order chi connectivity index (χ1) is 14.6. The molecule has 4 atom stereocenters. The van der Waals surface area contributed by atoms with Crippen LogP contribution in [0.4, 0.5) is 0 Å². The molecule has 0 radical (unpaired) electrons. The SMILES string of the molecule is CCC(C)C(NC(=O)C(N)CS)C(=O)NCC(=O)NC(Cc1ccc(O)cc1)C(=O)O. The molecule has 0 aliphatic rings. The van der Waals surface area contributed by atoms with Crippen LogP contribution in [0.2, 0.25) is 0 Å². The van der Waals surface area contributed by atoms with Gasteiger partial charge in [0.25, 0.3) is 0 Å². The smallest absolute Gasteiger partial charge is 0.326 e. The number of thiol groups is 1. The Morgan fingerprint density at radius 2 is 1.71 bits per heavy atom. The number of nitrogens with two attached hydrogens (primary N) is 1. The van der Waals surface area contributed by atoms with Gasteiger partial charge in [0.2, 0.25) is 17.7 Å². The van der Waals surface area contributed by atoms with E-state index in [1.165, 1.54) is 12.1 Å². The number of carboxylic acids is 1. The zero-order valence-corrected chi connectivity index (χ0v) is 18.4. The summed E-state index contributed by atoms with van der Waals surface area (Å²) >= 11 is 3.96. The van der Waals surface area contributed by atoms with Crippen molar-refractivity contribution in [3.05, 3.63) is 29.8 Å². The molecule has 10 nitrogen and oxygen atoms in total. The highest BCUT2D eigenvalue weighted by atomic mass is 32.1. The predicted molar refractivity (Wildman–Crippen MR) is 118 cm³/mol. The van der Waals surface area contributed by atoms with Gasteiger partial charge in [0.1, 0.15) is 17.8 Å². The Hall–Kier alpha value is -2.79. The first-order valence-electron chi connectivity index (χ1n) is 9.83. The fourth-order valence-electron chi connectivity index (χ4n) is 2.64. The Labute approximate surface area is 186 Å². The van der Waals surface area contributed by atoms with Crippen molar-refractivity contribution in [3.8, 4) is 5.75 Å². The molecular weight excluding hydrogens is 424 g/mol. The maximum absolute atomic E-state index is 12.5. The lowest BCUT2D eigenvalue weighted by Crippen LogP contribution is -2.56. The van der Waals surface area contributed by atoms with E-state index in [0.717, 1.165) is 0 Å². The zero-order valence-electron chi connectivity index (χ0n) is 17.5. The second-order valence-electron chi connectivity index (χ2n) is 7.21. The summed E-state index contributed by atoms with van der Waals surface area (Å²) in [4.78, 5) is 48.2. The average Bonchev–Trinajstić information content (AvgIpc) is 2.75. The number of amides is 3. The highest BCUT2D eigenvalue weighted by Crippen LogP contribution is 2.11. The molecule has 0 bridgehead atoms. The third kappa shape index (κ3) is 8.85. The maximum Gasteiger partial charge on any atom is 0.326 e. The number of nitrogens with one attached hydrogen (secondary N) is 3. The summed E-state index contributed by atoms with van der Waals surface area (Å²) in [5.41, 5.74) is 6.24. The van der Waals surface area contributed by atoms with Crippen molar-refractivity contribution in [2.75, 3.05) is 12.3 Å². The lowest BCUT2D eigenvalue weighted by atomic mass is 9.98. The van der Waals surface area contributed by atoms with Gasteiger partial charge in [-0.1, -0.05) is 32.4 Å². The summed E-state index contributed by atoms with van der Waals surface area (Å²) in [7, 11) is 0. The Balaban J connectivity index is 2.69. The number of benzene rings is 1. The third-order valence-corrected chi connectivity index (χ3v) is 5.15. The van der Waals surface area contributed by atoms with Crippen molar-refractivity contribution < 1.29 is 29.4 Å². The van der Waals surface area contributed by atoms with Gasteiger partial charge in [0.15, 0.2) is 0 Å². The van der Waals surface area contributed by atoms with Gasteiger partial charge < -0.3 is 31.9 Å². The molecule has 0 spiro atoms. The first kappa shape index (κ1) is 26.2. The van der Waals surface area contributed by atoms with E-state index >= 15 is 0 Å². The number of carboxylic acid groups (broad SMARTS) is 1. The molecule has 0 saturated heterocycles. The van der Waals surface area contributed by atoms with Crippen LogP contribution in [0.15, 0.2) is 24.3 Å². The largest absolute Gasteiger partial charge is 0.508 e. The molecule has 7 N–H and O–H groups in total. The number of carbonyl (C=O) groups is 4. The second-order valence-corrected chi connectivity index (χ2v) is 7.57. The van der Waals surface area contributed by atoms with Crippen LogP contribution in [0.5, 0.6) is 5.75 Å². The van der Waals surface area contributed by atoms with E-state index in [-0.39, 0.29) is 23.8 Å². The lowest BCUT2D eigenvalue weighted by molar-refractivity contribution is -0.141. The standard InChI is InChI=1S/C20H30N4O6S/c1-3-11(2)17(24-18(27)14(21)10-31)19(28)22-9-16(26)23-15(20(29)30)8-12-4-6-13(25)7-5-12/h4-7,11,14-15,17,25,31H,3,8-10,21H2,1-2H3,(H,22,28)(H,23,26)(H,24,27)(H,29,30). The first-order valence-corrected chi connectivity index (χ1v) is 10.5. The minimum atomic E-state index is -1.24. The number of phenolic OH excluding ortho intramolecular Hbond substituents is 1. The summed E-state index contributed by atoms with van der Waals surface area (Å²) < 4.78 is 0. The van der Waals surface area contributed by atoms with Gasteiger partial charge in [-0.25, -0.2) is 4.79 Å². The summed E-state index contributed by atoms with van der Waals surface area (Å²) in [5, 5.41) is 26.0. The maximum atomic E-state index is 12.5. The van der Waals surface area contributed by atoms with Gasteiger partial charge in [-0.05, 0) is 23.6 Å². The van der Waals surface area contributed by atoms with Crippen molar-refractivity contribution in [3.63, 3.8) is 0 Å². The average molecular weight is 455 g/mol. The summed E-state index contributed by atoms with van der Waals surface area (Å²) in [5.74, 6) is -3.10. The van der Waals surface area contributed by atoms with Crippen LogP contribution in [0, 0.1) is 5.92 Å². The number of aliphatic carboxylic acids is 1. The molecule has 31 heavy (non-hydrogen) atoms. The summed E-state index contributed by atoms with van der Waals surface area (Å²) in [6, 6.07) is 2.94. The van der Waals surface area contributed by atoms with Crippen molar-refractivity contribution in [2.24, 2.45) is 11.7 Å². The normalized spacial score (nSPS) is 14.6. The molecule has 3 amide bonds. The highest BCUT2D eigenvalue weighted by Gasteiger charge is 2.28. The Morgan fingerprint density at radius 1 is 1.10 bits per heavy atom. The number of hydrogen-bond donors (Lipinski definition) is 7. The second kappa shape index (κ2) is 12.8. The zero-order chi connectivity index (χ0) is 23.6. The fourth-order valence-corrected chi connectivity index (χ4v) is 2.80. The topological polar surface area (TPSA) is 171 Å². The molecule has 0 aliphatic carbocycles. The third-order valence-electron chi connectivity index (χ3n) is 4.76. The van der Waals surface area contributed by atoms with Crippen molar-refractivity contribution in [1.82, 2.24) is 16.0 Å². The molecule has 0 aliphatic heterocycles. The molecule has 0 fully saturated rings. The molecule has 1 rings (SSSR count).